The molecule has 1 atom stereocenters. The summed E-state index contributed by atoms with van der Waals surface area (Å²) in [4.78, 5) is 18.3. The van der Waals surface area contributed by atoms with Crippen molar-refractivity contribution in [3.05, 3.63) is 24.5 Å². The van der Waals surface area contributed by atoms with Crippen molar-refractivity contribution in [2.45, 2.75) is 40.7 Å². The number of anilines is 1. The first-order valence-corrected chi connectivity index (χ1v) is 6.68. The Kier molecular flexibility index (Phi) is 5.48. The van der Waals surface area contributed by atoms with Gasteiger partial charge in [0.25, 0.3) is 5.91 Å². The first kappa shape index (κ1) is 15.6. The molecule has 0 radical (unpaired) electrons. The molecule has 0 aliphatic carbocycles. The number of carbonyl (C=O) groups is 1. The zero-order valence-electron chi connectivity index (χ0n) is 12.5. The predicted molar refractivity (Wildman–Crippen MR) is 77.1 cm³/mol. The molecule has 0 aliphatic rings. The maximum Gasteiger partial charge on any atom is 0.255 e. The van der Waals surface area contributed by atoms with Gasteiger partial charge < -0.3 is 9.64 Å². The van der Waals surface area contributed by atoms with Crippen LogP contribution in [0.5, 0.6) is 0 Å². The molecule has 0 bridgehead atoms. The van der Waals surface area contributed by atoms with Crippen LogP contribution in [0.3, 0.4) is 0 Å². The van der Waals surface area contributed by atoms with Crippen molar-refractivity contribution in [2.24, 2.45) is 5.41 Å². The van der Waals surface area contributed by atoms with Gasteiger partial charge in [0, 0.05) is 19.3 Å². The summed E-state index contributed by atoms with van der Waals surface area (Å²) in [6.45, 7) is 11.2. The topological polar surface area (TPSA) is 42.4 Å². The Morgan fingerprint density at radius 1 is 1.47 bits per heavy atom. The number of ether oxygens (including phenoxy) is 1. The van der Waals surface area contributed by atoms with Gasteiger partial charge in [0.05, 0.1) is 11.9 Å². The van der Waals surface area contributed by atoms with Crippen LogP contribution in [0.2, 0.25) is 0 Å². The van der Waals surface area contributed by atoms with E-state index in [0.29, 0.717) is 13.2 Å². The summed E-state index contributed by atoms with van der Waals surface area (Å²) in [5, 5.41) is 0. The van der Waals surface area contributed by atoms with Crippen molar-refractivity contribution in [3.63, 3.8) is 0 Å². The minimum absolute atomic E-state index is 0.0113. The van der Waals surface area contributed by atoms with Crippen LogP contribution >= 0.6 is 0 Å². The van der Waals surface area contributed by atoms with E-state index in [2.05, 4.69) is 25.8 Å². The van der Waals surface area contributed by atoms with Gasteiger partial charge in [-0.05, 0) is 31.4 Å². The Hall–Kier alpha value is -1.42. The second-order valence-corrected chi connectivity index (χ2v) is 5.79. The molecule has 0 aliphatic heterocycles. The van der Waals surface area contributed by atoms with Crippen molar-refractivity contribution >= 4 is 11.6 Å². The first-order valence-electron chi connectivity index (χ1n) is 6.68. The van der Waals surface area contributed by atoms with E-state index < -0.39 is 6.10 Å². The van der Waals surface area contributed by atoms with Crippen LogP contribution in [-0.4, -0.2) is 30.1 Å². The fraction of sp³-hybridized carbons (Fsp3) is 0.600. The molecule has 0 unspecified atom stereocenters. The number of hydrogen-bond acceptors (Lipinski definition) is 3. The number of aromatic nitrogens is 1. The standard InChI is InChI=1S/C15H24N2O2/c1-6-19-12(2)14(18)17(11-15(3,4)5)13-8-7-9-16-10-13/h7-10,12H,6,11H2,1-5H3/t12-/m1/s1. The van der Waals surface area contributed by atoms with Gasteiger partial charge in [-0.25, -0.2) is 0 Å². The average molecular weight is 264 g/mol. The van der Waals surface area contributed by atoms with E-state index in [1.165, 1.54) is 0 Å². The van der Waals surface area contributed by atoms with Gasteiger partial charge in [-0.3, -0.25) is 9.78 Å². The molecule has 1 rings (SSSR count). The number of rotatable bonds is 5. The summed E-state index contributed by atoms with van der Waals surface area (Å²) in [5.74, 6) is -0.0234. The van der Waals surface area contributed by atoms with Crippen LogP contribution in [0.4, 0.5) is 5.69 Å². The molecule has 4 nitrogen and oxygen atoms in total. The summed E-state index contributed by atoms with van der Waals surface area (Å²) in [6, 6.07) is 3.74. The highest BCUT2D eigenvalue weighted by Crippen LogP contribution is 2.22. The van der Waals surface area contributed by atoms with Gasteiger partial charge in [-0.2, -0.15) is 0 Å². The molecule has 19 heavy (non-hydrogen) atoms. The van der Waals surface area contributed by atoms with Crippen LogP contribution in [-0.2, 0) is 9.53 Å². The van der Waals surface area contributed by atoms with Crippen molar-refractivity contribution in [1.29, 1.82) is 0 Å². The molecule has 0 aromatic carbocycles. The van der Waals surface area contributed by atoms with Gasteiger partial charge >= 0.3 is 0 Å². The summed E-state index contributed by atoms with van der Waals surface area (Å²) < 4.78 is 5.41. The highest BCUT2D eigenvalue weighted by Gasteiger charge is 2.26. The smallest absolute Gasteiger partial charge is 0.255 e. The highest BCUT2D eigenvalue weighted by atomic mass is 16.5. The monoisotopic (exact) mass is 264 g/mol. The molecular formula is C15H24N2O2. The molecule has 1 aromatic rings. The quantitative estimate of drug-likeness (QED) is 0.821. The van der Waals surface area contributed by atoms with Crippen molar-refractivity contribution in [3.8, 4) is 0 Å². The molecular weight excluding hydrogens is 240 g/mol. The van der Waals surface area contributed by atoms with Crippen molar-refractivity contribution in [2.75, 3.05) is 18.1 Å². The zero-order valence-corrected chi connectivity index (χ0v) is 12.5. The van der Waals surface area contributed by atoms with Crippen LogP contribution in [0, 0.1) is 5.41 Å². The van der Waals surface area contributed by atoms with E-state index in [0.717, 1.165) is 5.69 Å². The molecule has 106 valence electrons. The van der Waals surface area contributed by atoms with E-state index in [-0.39, 0.29) is 11.3 Å². The van der Waals surface area contributed by atoms with Crippen LogP contribution in [0.15, 0.2) is 24.5 Å². The summed E-state index contributed by atoms with van der Waals surface area (Å²) in [7, 11) is 0. The Labute approximate surface area is 115 Å². The van der Waals surface area contributed by atoms with Crippen molar-refractivity contribution < 1.29 is 9.53 Å². The van der Waals surface area contributed by atoms with Crippen molar-refractivity contribution in [1.82, 2.24) is 4.98 Å². The molecule has 0 saturated carbocycles. The van der Waals surface area contributed by atoms with Gasteiger partial charge in [-0.1, -0.05) is 20.8 Å². The lowest BCUT2D eigenvalue weighted by atomic mass is 9.95. The summed E-state index contributed by atoms with van der Waals surface area (Å²) in [6.07, 6.45) is 2.98. The number of hydrogen-bond donors (Lipinski definition) is 0. The van der Waals surface area contributed by atoms with Crippen LogP contribution in [0.1, 0.15) is 34.6 Å². The molecule has 1 amide bonds. The minimum Gasteiger partial charge on any atom is -0.369 e. The summed E-state index contributed by atoms with van der Waals surface area (Å²) >= 11 is 0. The molecule has 4 heteroatoms. The second kappa shape index (κ2) is 6.66. The second-order valence-electron chi connectivity index (χ2n) is 5.79. The minimum atomic E-state index is -0.437. The normalized spacial score (nSPS) is 13.1. The summed E-state index contributed by atoms with van der Waals surface area (Å²) in [5.41, 5.74) is 0.825. The number of carbonyl (C=O) groups excluding carboxylic acids is 1. The third kappa shape index (κ3) is 4.99. The maximum atomic E-state index is 12.5. The van der Waals surface area contributed by atoms with Gasteiger partial charge in [0.15, 0.2) is 0 Å². The lowest BCUT2D eigenvalue weighted by molar-refractivity contribution is -0.129. The van der Waals surface area contributed by atoms with Gasteiger partial charge in [-0.15, -0.1) is 0 Å². The number of amides is 1. The molecule has 1 heterocycles. The molecule has 1 aromatic heterocycles. The third-order valence-corrected chi connectivity index (χ3v) is 2.62. The third-order valence-electron chi connectivity index (χ3n) is 2.62. The Balaban J connectivity index is 2.96. The van der Waals surface area contributed by atoms with E-state index >= 15 is 0 Å². The Morgan fingerprint density at radius 3 is 2.63 bits per heavy atom. The van der Waals surface area contributed by atoms with E-state index in [1.54, 1.807) is 24.2 Å². The number of nitrogens with zero attached hydrogens (tertiary/aromatic N) is 2. The maximum absolute atomic E-state index is 12.5. The van der Waals surface area contributed by atoms with Crippen LogP contribution in [0.25, 0.3) is 0 Å². The average Bonchev–Trinajstić information content (AvgIpc) is 2.35. The largest absolute Gasteiger partial charge is 0.369 e. The Bertz CT molecular complexity index is 398. The van der Waals surface area contributed by atoms with E-state index in [9.17, 15) is 4.79 Å². The van der Waals surface area contributed by atoms with Gasteiger partial charge in [0.1, 0.15) is 6.10 Å². The fourth-order valence-electron chi connectivity index (χ4n) is 1.82. The van der Waals surface area contributed by atoms with Gasteiger partial charge in [0.2, 0.25) is 0 Å². The lowest BCUT2D eigenvalue weighted by Crippen LogP contribution is -2.43. The highest BCUT2D eigenvalue weighted by molar-refractivity contribution is 5.96. The molecule has 0 N–H and O–H groups in total. The predicted octanol–water partition coefficient (Wildman–Crippen LogP) is 2.89. The van der Waals surface area contributed by atoms with E-state index in [4.69, 9.17) is 4.74 Å². The zero-order chi connectivity index (χ0) is 14.5. The molecule has 0 fully saturated rings. The fourth-order valence-corrected chi connectivity index (χ4v) is 1.82. The molecule has 0 spiro atoms. The van der Waals surface area contributed by atoms with E-state index in [1.807, 2.05) is 19.1 Å². The number of pyridine rings is 1. The first-order chi connectivity index (χ1) is 8.85. The van der Waals surface area contributed by atoms with Crippen LogP contribution < -0.4 is 4.90 Å². The Morgan fingerprint density at radius 2 is 2.16 bits per heavy atom. The lowest BCUT2D eigenvalue weighted by Gasteiger charge is -2.31. The SMILES string of the molecule is CCO[C@H](C)C(=O)N(CC(C)(C)C)c1cccnc1. The molecule has 0 saturated heterocycles.